The van der Waals surface area contributed by atoms with E-state index in [0.29, 0.717) is 33.0 Å². The van der Waals surface area contributed by atoms with Crippen LogP contribution in [0.25, 0.3) is 11.5 Å². The molecule has 22 heavy (non-hydrogen) atoms. The van der Waals surface area contributed by atoms with Crippen molar-refractivity contribution < 1.29 is 14.3 Å². The summed E-state index contributed by atoms with van der Waals surface area (Å²) in [7, 11) is 0. The van der Waals surface area contributed by atoms with Crippen LogP contribution in [0, 0.1) is 0 Å². The second-order valence-electron chi connectivity index (χ2n) is 4.57. The summed E-state index contributed by atoms with van der Waals surface area (Å²) in [4.78, 5) is 20.0. The summed E-state index contributed by atoms with van der Waals surface area (Å²) in [6.45, 7) is 0. The number of aromatic amines is 1. The molecule has 0 spiro atoms. The number of amides is 1. The van der Waals surface area contributed by atoms with E-state index in [1.807, 2.05) is 12.1 Å². The van der Waals surface area contributed by atoms with Crippen LogP contribution in [0.3, 0.4) is 0 Å². The molecule has 4 rings (SSSR count). The molecule has 1 amide bonds. The molecule has 4 heterocycles. The van der Waals surface area contributed by atoms with Gasteiger partial charge in [-0.05, 0) is 56.1 Å². The zero-order valence-electron chi connectivity index (χ0n) is 10.7. The molecular formula is C14H6Br2N2O3S. The second kappa shape index (κ2) is 4.94. The summed E-state index contributed by atoms with van der Waals surface area (Å²) in [5.41, 5.74) is 1.65. The van der Waals surface area contributed by atoms with E-state index < -0.39 is 5.91 Å². The molecule has 0 unspecified atom stereocenters. The smallest absolute Gasteiger partial charge is 0.280 e. The third-order valence-electron chi connectivity index (χ3n) is 3.27. The number of hydrogen-bond acceptors (Lipinski definition) is 4. The van der Waals surface area contributed by atoms with E-state index in [2.05, 4.69) is 41.8 Å². The largest absolute Gasteiger partial charge is 0.494 e. The highest BCUT2D eigenvalue weighted by Gasteiger charge is 2.34. The summed E-state index contributed by atoms with van der Waals surface area (Å²) in [6.07, 6.45) is 0. The molecule has 0 bridgehead atoms. The summed E-state index contributed by atoms with van der Waals surface area (Å²) in [5, 5.41) is 10.2. The Kier molecular flexibility index (Phi) is 3.14. The van der Waals surface area contributed by atoms with Gasteiger partial charge in [0.05, 0.1) is 31.2 Å². The van der Waals surface area contributed by atoms with Crippen LogP contribution in [0.15, 0.2) is 42.1 Å². The molecule has 0 saturated heterocycles. The van der Waals surface area contributed by atoms with Crippen molar-refractivity contribution in [3.63, 3.8) is 0 Å². The number of halogens is 2. The molecule has 3 aromatic rings. The Morgan fingerprint density at radius 2 is 2.00 bits per heavy atom. The van der Waals surface area contributed by atoms with Gasteiger partial charge in [0.15, 0.2) is 16.3 Å². The number of H-pyrrole nitrogens is 1. The van der Waals surface area contributed by atoms with Gasteiger partial charge in [0.2, 0.25) is 0 Å². The number of nitrogens with zero attached hydrogens (tertiary/aromatic N) is 1. The number of aromatic hydroxyl groups is 1. The monoisotopic (exact) mass is 440 g/mol. The summed E-state index contributed by atoms with van der Waals surface area (Å²) in [5.74, 6) is -0.0270. The predicted molar refractivity (Wildman–Crippen MR) is 89.8 cm³/mol. The van der Waals surface area contributed by atoms with Crippen molar-refractivity contribution in [1.82, 2.24) is 4.98 Å². The first kappa shape index (κ1) is 14.0. The van der Waals surface area contributed by atoms with Crippen molar-refractivity contribution in [2.24, 2.45) is 4.99 Å². The van der Waals surface area contributed by atoms with Crippen LogP contribution in [-0.2, 0) is 0 Å². The number of thiophene rings is 1. The van der Waals surface area contributed by atoms with E-state index in [4.69, 9.17) is 4.42 Å². The molecule has 0 fully saturated rings. The van der Waals surface area contributed by atoms with Crippen molar-refractivity contribution in [2.75, 3.05) is 0 Å². The number of carbonyl (C=O) groups is 1. The highest BCUT2D eigenvalue weighted by atomic mass is 79.9. The number of carbonyl (C=O) groups excluding carboxylic acids is 1. The first-order valence-electron chi connectivity index (χ1n) is 6.14. The lowest BCUT2D eigenvalue weighted by atomic mass is 10.1. The molecule has 0 radical (unpaired) electrons. The van der Waals surface area contributed by atoms with E-state index in [1.54, 1.807) is 12.1 Å². The fourth-order valence-electron chi connectivity index (χ4n) is 2.40. The van der Waals surface area contributed by atoms with E-state index in [0.717, 1.165) is 8.66 Å². The van der Waals surface area contributed by atoms with Gasteiger partial charge in [0.25, 0.3) is 5.91 Å². The first-order valence-corrected chi connectivity index (χ1v) is 8.54. The predicted octanol–water partition coefficient (Wildman–Crippen LogP) is 4.56. The highest BCUT2D eigenvalue weighted by Crippen LogP contribution is 2.40. The Morgan fingerprint density at radius 1 is 1.18 bits per heavy atom. The Bertz CT molecular complexity index is 951. The van der Waals surface area contributed by atoms with Gasteiger partial charge >= 0.3 is 0 Å². The molecule has 0 saturated carbocycles. The van der Waals surface area contributed by atoms with Gasteiger partial charge in [-0.1, -0.05) is 0 Å². The van der Waals surface area contributed by atoms with Crippen LogP contribution in [0.4, 0.5) is 0 Å². The number of aliphatic imine (C=N–C) groups is 1. The lowest BCUT2D eigenvalue weighted by molar-refractivity contribution is 0.101. The third-order valence-corrected chi connectivity index (χ3v) is 5.33. The van der Waals surface area contributed by atoms with Gasteiger partial charge in [-0.25, -0.2) is 4.99 Å². The SMILES string of the molecule is O=C1N=C(c2ccc(Br)s2)c2c(O)[nH]c(-c3ccc(Br)o3)c21. The van der Waals surface area contributed by atoms with E-state index in [-0.39, 0.29) is 5.88 Å². The summed E-state index contributed by atoms with van der Waals surface area (Å²) in [6, 6.07) is 7.16. The van der Waals surface area contributed by atoms with E-state index in [1.165, 1.54) is 11.3 Å². The Balaban J connectivity index is 1.91. The summed E-state index contributed by atoms with van der Waals surface area (Å²) < 4.78 is 6.94. The lowest BCUT2D eigenvalue weighted by Gasteiger charge is -1.96. The van der Waals surface area contributed by atoms with Crippen LogP contribution in [0.5, 0.6) is 5.88 Å². The fraction of sp³-hybridized carbons (Fsp3) is 0. The number of rotatable bonds is 2. The minimum absolute atomic E-state index is 0.0911. The molecule has 0 aliphatic carbocycles. The fourth-order valence-corrected chi connectivity index (χ4v) is 4.09. The topological polar surface area (TPSA) is 78.6 Å². The number of aromatic nitrogens is 1. The minimum Gasteiger partial charge on any atom is -0.494 e. The van der Waals surface area contributed by atoms with Crippen LogP contribution in [-0.4, -0.2) is 21.7 Å². The van der Waals surface area contributed by atoms with Crippen LogP contribution >= 0.6 is 43.2 Å². The average Bonchev–Trinajstić information content (AvgIpc) is 3.19. The molecule has 3 aromatic heterocycles. The van der Waals surface area contributed by atoms with E-state index >= 15 is 0 Å². The van der Waals surface area contributed by atoms with Gasteiger partial charge in [-0.15, -0.1) is 11.3 Å². The average molecular weight is 442 g/mol. The second-order valence-corrected chi connectivity index (χ2v) is 7.82. The Hall–Kier alpha value is -1.64. The van der Waals surface area contributed by atoms with Crippen molar-refractivity contribution >= 4 is 54.8 Å². The maximum atomic E-state index is 12.3. The first-order chi connectivity index (χ1) is 10.5. The van der Waals surface area contributed by atoms with Gasteiger partial charge in [0, 0.05) is 0 Å². The standard InChI is InChI=1S/C14H6Br2N2O3S/c15-7-3-1-5(21-7)11-9-10(14(20)17-11)12(18-13(9)19)6-2-4-8(16)22-6/h1-4,17,20H. The molecule has 0 aromatic carbocycles. The minimum atomic E-state index is -0.395. The summed E-state index contributed by atoms with van der Waals surface area (Å²) >= 11 is 8.05. The Labute approximate surface area is 144 Å². The maximum absolute atomic E-state index is 12.3. The number of nitrogens with one attached hydrogen (secondary N) is 1. The molecular weight excluding hydrogens is 436 g/mol. The molecule has 1 aliphatic rings. The van der Waals surface area contributed by atoms with Crippen LogP contribution in [0.2, 0.25) is 0 Å². The number of furan rings is 1. The zero-order valence-corrected chi connectivity index (χ0v) is 14.7. The molecule has 110 valence electrons. The van der Waals surface area contributed by atoms with Crippen LogP contribution < -0.4 is 0 Å². The quantitative estimate of drug-likeness (QED) is 0.611. The third kappa shape index (κ3) is 2.02. The van der Waals surface area contributed by atoms with Gasteiger partial charge in [-0.2, -0.15) is 0 Å². The molecule has 1 aliphatic heterocycles. The Morgan fingerprint density at radius 3 is 2.64 bits per heavy atom. The van der Waals surface area contributed by atoms with Crippen LogP contribution in [0.1, 0.15) is 20.8 Å². The van der Waals surface area contributed by atoms with Crippen molar-refractivity contribution in [2.45, 2.75) is 0 Å². The van der Waals surface area contributed by atoms with E-state index in [9.17, 15) is 9.90 Å². The molecule has 8 heteroatoms. The maximum Gasteiger partial charge on any atom is 0.280 e. The number of hydrogen-bond donors (Lipinski definition) is 2. The van der Waals surface area contributed by atoms with Crippen molar-refractivity contribution in [1.29, 1.82) is 0 Å². The van der Waals surface area contributed by atoms with Crippen molar-refractivity contribution in [3.05, 3.63) is 48.7 Å². The van der Waals surface area contributed by atoms with Gasteiger partial charge in [0.1, 0.15) is 0 Å². The molecule has 5 nitrogen and oxygen atoms in total. The van der Waals surface area contributed by atoms with Gasteiger partial charge < -0.3 is 14.5 Å². The van der Waals surface area contributed by atoms with Crippen molar-refractivity contribution in [3.8, 4) is 17.3 Å². The molecule has 2 N–H and O–H groups in total. The lowest BCUT2D eigenvalue weighted by Crippen LogP contribution is -1.96. The number of fused-ring (bicyclic) bond motifs is 1. The molecule has 0 atom stereocenters. The zero-order chi connectivity index (χ0) is 15.4. The normalized spacial score (nSPS) is 13.5. The van der Waals surface area contributed by atoms with Gasteiger partial charge in [-0.3, -0.25) is 4.79 Å². The highest BCUT2D eigenvalue weighted by molar-refractivity contribution is 9.11.